The lowest BCUT2D eigenvalue weighted by Gasteiger charge is -2.34. The maximum atomic E-state index is 11.9. The second kappa shape index (κ2) is 5.64. The molecule has 4 nitrogen and oxygen atoms in total. The van der Waals surface area contributed by atoms with E-state index < -0.39 is 11.4 Å². The first-order valence-corrected chi connectivity index (χ1v) is 7.96. The van der Waals surface area contributed by atoms with Crippen LogP contribution in [-0.2, 0) is 10.2 Å². The van der Waals surface area contributed by atoms with Crippen LogP contribution in [0.3, 0.4) is 0 Å². The van der Waals surface area contributed by atoms with Crippen molar-refractivity contribution in [3.05, 3.63) is 46.7 Å². The van der Waals surface area contributed by atoms with Crippen LogP contribution in [0.25, 0.3) is 5.69 Å². The molecule has 1 aromatic heterocycles. The van der Waals surface area contributed by atoms with Gasteiger partial charge in [-0.25, -0.2) is 4.68 Å². The molecule has 3 rings (SSSR count). The van der Waals surface area contributed by atoms with E-state index in [9.17, 15) is 9.90 Å². The Morgan fingerprint density at radius 1 is 1.29 bits per heavy atom. The van der Waals surface area contributed by atoms with Crippen molar-refractivity contribution < 1.29 is 9.90 Å². The van der Waals surface area contributed by atoms with Crippen molar-refractivity contribution >= 4 is 21.9 Å². The van der Waals surface area contributed by atoms with Gasteiger partial charge in [-0.1, -0.05) is 25.3 Å². The van der Waals surface area contributed by atoms with Crippen LogP contribution in [0.1, 0.15) is 37.7 Å². The van der Waals surface area contributed by atoms with Crippen molar-refractivity contribution in [1.82, 2.24) is 9.78 Å². The number of halogens is 1. The van der Waals surface area contributed by atoms with E-state index in [0.29, 0.717) is 0 Å². The van der Waals surface area contributed by atoms with Gasteiger partial charge in [0.05, 0.1) is 11.1 Å². The standard InChI is InChI=1S/C16H17BrN2O2/c17-13-11-12(5-6-14(13)19-10-4-9-18-19)16(15(20)21)7-2-1-3-8-16/h4-6,9-11H,1-3,7-8H2,(H,20,21). The van der Waals surface area contributed by atoms with Crippen LogP contribution in [0.15, 0.2) is 41.1 Å². The van der Waals surface area contributed by atoms with E-state index in [0.717, 1.165) is 47.8 Å². The molecule has 2 aromatic rings. The molecule has 5 heteroatoms. The summed E-state index contributed by atoms with van der Waals surface area (Å²) in [6, 6.07) is 7.67. The molecule has 0 aliphatic heterocycles. The van der Waals surface area contributed by atoms with Crippen molar-refractivity contribution in [2.75, 3.05) is 0 Å². The zero-order valence-corrected chi connectivity index (χ0v) is 13.2. The van der Waals surface area contributed by atoms with Gasteiger partial charge in [-0.2, -0.15) is 5.10 Å². The van der Waals surface area contributed by atoms with Crippen LogP contribution in [0.5, 0.6) is 0 Å². The lowest BCUT2D eigenvalue weighted by molar-refractivity contribution is -0.145. The number of carboxylic acid groups (broad SMARTS) is 1. The summed E-state index contributed by atoms with van der Waals surface area (Å²) < 4.78 is 2.64. The second-order valence-corrected chi connectivity index (χ2v) is 6.42. The fourth-order valence-electron chi connectivity index (χ4n) is 3.18. The van der Waals surface area contributed by atoms with Gasteiger partial charge in [-0.15, -0.1) is 0 Å². The van der Waals surface area contributed by atoms with E-state index in [2.05, 4.69) is 21.0 Å². The van der Waals surface area contributed by atoms with E-state index in [1.54, 1.807) is 10.9 Å². The fourth-order valence-corrected chi connectivity index (χ4v) is 3.74. The largest absolute Gasteiger partial charge is 0.481 e. The highest BCUT2D eigenvalue weighted by Gasteiger charge is 2.41. The van der Waals surface area contributed by atoms with E-state index in [1.165, 1.54) is 0 Å². The topological polar surface area (TPSA) is 55.1 Å². The van der Waals surface area contributed by atoms with Crippen LogP contribution in [0.4, 0.5) is 0 Å². The van der Waals surface area contributed by atoms with E-state index >= 15 is 0 Å². The zero-order chi connectivity index (χ0) is 14.9. The molecule has 0 radical (unpaired) electrons. The Bertz CT molecular complexity index is 646. The fraction of sp³-hybridized carbons (Fsp3) is 0.375. The third-order valence-corrected chi connectivity index (χ3v) is 5.00. The number of hydrogen-bond donors (Lipinski definition) is 1. The smallest absolute Gasteiger partial charge is 0.314 e. The first kappa shape index (κ1) is 14.3. The minimum atomic E-state index is -0.733. The molecule has 0 amide bonds. The highest BCUT2D eigenvalue weighted by molar-refractivity contribution is 9.10. The maximum Gasteiger partial charge on any atom is 0.314 e. The van der Waals surface area contributed by atoms with Crippen LogP contribution < -0.4 is 0 Å². The quantitative estimate of drug-likeness (QED) is 0.914. The predicted octanol–water partition coefficient (Wildman–Crippen LogP) is 3.92. The van der Waals surface area contributed by atoms with E-state index in [-0.39, 0.29) is 0 Å². The highest BCUT2D eigenvalue weighted by Crippen LogP contribution is 2.41. The van der Waals surface area contributed by atoms with Gasteiger partial charge in [-0.3, -0.25) is 4.79 Å². The molecular formula is C16H17BrN2O2. The SMILES string of the molecule is O=C(O)C1(c2ccc(-n3cccn3)c(Br)c2)CCCCC1. The molecule has 0 atom stereocenters. The lowest BCUT2D eigenvalue weighted by atomic mass is 9.69. The Balaban J connectivity index is 2.02. The third kappa shape index (κ3) is 2.50. The van der Waals surface area contributed by atoms with Crippen LogP contribution in [0, 0.1) is 0 Å². The number of rotatable bonds is 3. The Morgan fingerprint density at radius 3 is 2.62 bits per heavy atom. The molecular weight excluding hydrogens is 332 g/mol. The number of carboxylic acids is 1. The zero-order valence-electron chi connectivity index (χ0n) is 11.6. The van der Waals surface area contributed by atoms with Crippen molar-refractivity contribution in [2.45, 2.75) is 37.5 Å². The number of aromatic nitrogens is 2. The van der Waals surface area contributed by atoms with Gasteiger partial charge >= 0.3 is 5.97 Å². The van der Waals surface area contributed by atoms with Crippen LogP contribution in [-0.4, -0.2) is 20.9 Å². The second-order valence-electron chi connectivity index (χ2n) is 5.56. The molecule has 0 unspecified atom stereocenters. The summed E-state index contributed by atoms with van der Waals surface area (Å²) in [6.07, 6.45) is 8.11. The number of nitrogens with zero attached hydrogens (tertiary/aromatic N) is 2. The Hall–Kier alpha value is -1.62. The highest BCUT2D eigenvalue weighted by atomic mass is 79.9. The molecule has 1 heterocycles. The van der Waals surface area contributed by atoms with Crippen molar-refractivity contribution in [2.24, 2.45) is 0 Å². The molecule has 0 spiro atoms. The number of aliphatic carboxylic acids is 1. The normalized spacial score (nSPS) is 17.6. The van der Waals surface area contributed by atoms with Crippen LogP contribution >= 0.6 is 15.9 Å². The molecule has 1 fully saturated rings. The summed E-state index contributed by atoms with van der Waals surface area (Å²) in [7, 11) is 0. The van der Waals surface area contributed by atoms with Gasteiger partial charge < -0.3 is 5.11 Å². The van der Waals surface area contributed by atoms with Gasteiger partial charge in [0.25, 0.3) is 0 Å². The van der Waals surface area contributed by atoms with Crippen molar-refractivity contribution in [1.29, 1.82) is 0 Å². The van der Waals surface area contributed by atoms with Gasteiger partial charge in [0.15, 0.2) is 0 Å². The molecule has 0 saturated heterocycles. The Labute approximate surface area is 131 Å². The molecule has 1 aliphatic rings. The molecule has 110 valence electrons. The Kier molecular flexibility index (Phi) is 3.85. The molecule has 1 saturated carbocycles. The average molecular weight is 349 g/mol. The molecule has 1 aliphatic carbocycles. The lowest BCUT2D eigenvalue weighted by Crippen LogP contribution is -2.37. The summed E-state index contributed by atoms with van der Waals surface area (Å²) in [5.41, 5.74) is 1.07. The van der Waals surface area contributed by atoms with Gasteiger partial charge in [0.1, 0.15) is 0 Å². The summed E-state index contributed by atoms with van der Waals surface area (Å²) >= 11 is 3.55. The van der Waals surface area contributed by atoms with E-state index in [1.807, 2.05) is 30.5 Å². The summed E-state index contributed by atoms with van der Waals surface area (Å²) in [6.45, 7) is 0. The van der Waals surface area contributed by atoms with Gasteiger partial charge in [-0.05, 0) is 52.5 Å². The van der Waals surface area contributed by atoms with E-state index in [4.69, 9.17) is 0 Å². The van der Waals surface area contributed by atoms with Crippen molar-refractivity contribution in [3.8, 4) is 5.69 Å². The predicted molar refractivity (Wildman–Crippen MR) is 83.7 cm³/mol. The van der Waals surface area contributed by atoms with Gasteiger partial charge in [0, 0.05) is 16.9 Å². The van der Waals surface area contributed by atoms with Crippen LogP contribution in [0.2, 0.25) is 0 Å². The number of hydrogen-bond acceptors (Lipinski definition) is 2. The number of carbonyl (C=O) groups is 1. The molecule has 1 aromatic carbocycles. The molecule has 1 N–H and O–H groups in total. The minimum absolute atomic E-state index is 0.707. The minimum Gasteiger partial charge on any atom is -0.481 e. The Morgan fingerprint density at radius 2 is 2.05 bits per heavy atom. The first-order chi connectivity index (χ1) is 10.1. The van der Waals surface area contributed by atoms with Gasteiger partial charge in [0.2, 0.25) is 0 Å². The third-order valence-electron chi connectivity index (χ3n) is 4.37. The summed E-state index contributed by atoms with van der Waals surface area (Å²) in [5.74, 6) is -0.707. The summed E-state index contributed by atoms with van der Waals surface area (Å²) in [5, 5.41) is 14.0. The monoisotopic (exact) mass is 348 g/mol. The average Bonchev–Trinajstić information content (AvgIpc) is 3.01. The summed E-state index contributed by atoms with van der Waals surface area (Å²) in [4.78, 5) is 11.9. The molecule has 21 heavy (non-hydrogen) atoms. The molecule has 0 bridgehead atoms. The maximum absolute atomic E-state index is 11.9. The first-order valence-electron chi connectivity index (χ1n) is 7.17. The number of benzene rings is 1. The van der Waals surface area contributed by atoms with Crippen molar-refractivity contribution in [3.63, 3.8) is 0 Å².